The van der Waals surface area contributed by atoms with Crippen LogP contribution in [0.2, 0.25) is 0 Å². The van der Waals surface area contributed by atoms with Gasteiger partial charge in [-0.2, -0.15) is 0 Å². The van der Waals surface area contributed by atoms with Crippen LogP contribution in [0.25, 0.3) is 11.3 Å². The highest BCUT2D eigenvalue weighted by molar-refractivity contribution is 7.92. The van der Waals surface area contributed by atoms with Gasteiger partial charge in [0.2, 0.25) is 10.0 Å². The first-order valence-corrected chi connectivity index (χ1v) is 9.38. The van der Waals surface area contributed by atoms with Crippen LogP contribution >= 0.6 is 0 Å². The van der Waals surface area contributed by atoms with Crippen molar-refractivity contribution in [2.45, 2.75) is 6.92 Å². The monoisotopic (exact) mass is 355 g/mol. The molecule has 8 heteroatoms. The number of aryl methyl sites for hydroxylation is 1. The van der Waals surface area contributed by atoms with Crippen LogP contribution in [0.15, 0.2) is 55.1 Å². The predicted octanol–water partition coefficient (Wildman–Crippen LogP) is 2.96. The molecular weight excluding hydrogens is 338 g/mol. The molecule has 0 fully saturated rings. The lowest BCUT2D eigenvalue weighted by molar-refractivity contribution is 0.607. The Morgan fingerprint density at radius 3 is 2.64 bits per heavy atom. The minimum absolute atomic E-state index is 0.522. The quantitative estimate of drug-likeness (QED) is 0.730. The maximum atomic E-state index is 11.5. The average Bonchev–Trinajstić information content (AvgIpc) is 2.58. The second-order valence-corrected chi connectivity index (χ2v) is 7.31. The maximum absolute atomic E-state index is 11.5. The van der Waals surface area contributed by atoms with E-state index in [2.05, 4.69) is 25.0 Å². The van der Waals surface area contributed by atoms with Gasteiger partial charge in [0.25, 0.3) is 0 Å². The van der Waals surface area contributed by atoms with Crippen molar-refractivity contribution in [3.63, 3.8) is 0 Å². The smallest absolute Gasteiger partial charge is 0.229 e. The lowest BCUT2D eigenvalue weighted by atomic mass is 10.2. The van der Waals surface area contributed by atoms with Crippen LogP contribution in [0.3, 0.4) is 0 Å². The van der Waals surface area contributed by atoms with Gasteiger partial charge >= 0.3 is 0 Å². The van der Waals surface area contributed by atoms with Gasteiger partial charge in [0.05, 0.1) is 17.6 Å². The van der Waals surface area contributed by atoms with Crippen LogP contribution in [0, 0.1) is 6.92 Å². The number of nitrogens with one attached hydrogen (secondary N) is 2. The van der Waals surface area contributed by atoms with E-state index in [1.807, 2.05) is 31.2 Å². The zero-order valence-corrected chi connectivity index (χ0v) is 14.6. The number of hydrogen-bond donors (Lipinski definition) is 2. The predicted molar refractivity (Wildman–Crippen MR) is 98.2 cm³/mol. The fraction of sp³-hybridized carbons (Fsp3) is 0.118. The molecule has 0 unspecified atom stereocenters. The molecule has 1 aromatic carbocycles. The first-order valence-electron chi connectivity index (χ1n) is 7.49. The second-order valence-electron chi connectivity index (χ2n) is 5.56. The van der Waals surface area contributed by atoms with Crippen molar-refractivity contribution in [1.82, 2.24) is 15.0 Å². The molecule has 0 aliphatic carbocycles. The summed E-state index contributed by atoms with van der Waals surface area (Å²) in [5.74, 6) is 0.600. The standard InChI is InChI=1S/C17H17N5O2S/c1-12-5-6-14(8-15(12)22-25(2,23)24)21-17-9-16(19-11-20-17)13-4-3-7-18-10-13/h3-11,22H,1-2H3,(H,19,20,21). The van der Waals surface area contributed by atoms with Gasteiger partial charge in [0.1, 0.15) is 12.1 Å². The highest BCUT2D eigenvalue weighted by atomic mass is 32.2. The van der Waals surface area contributed by atoms with Crippen LogP contribution in [0.4, 0.5) is 17.2 Å². The number of aromatic nitrogens is 3. The lowest BCUT2D eigenvalue weighted by Gasteiger charge is -2.12. The number of hydrogen-bond acceptors (Lipinski definition) is 6. The molecule has 2 aromatic heterocycles. The molecule has 7 nitrogen and oxygen atoms in total. The topological polar surface area (TPSA) is 96.9 Å². The van der Waals surface area contributed by atoms with Crippen molar-refractivity contribution < 1.29 is 8.42 Å². The molecule has 0 atom stereocenters. The molecule has 0 amide bonds. The Morgan fingerprint density at radius 1 is 1.08 bits per heavy atom. The van der Waals surface area contributed by atoms with Gasteiger partial charge in [0.15, 0.2) is 0 Å². The van der Waals surface area contributed by atoms with E-state index in [9.17, 15) is 8.42 Å². The molecule has 3 aromatic rings. The van der Waals surface area contributed by atoms with E-state index < -0.39 is 10.0 Å². The number of benzene rings is 1. The van der Waals surface area contributed by atoms with E-state index in [0.29, 0.717) is 17.2 Å². The van der Waals surface area contributed by atoms with Gasteiger partial charge < -0.3 is 5.32 Å². The van der Waals surface area contributed by atoms with Crippen LogP contribution in [0.1, 0.15) is 5.56 Å². The van der Waals surface area contributed by atoms with Crippen molar-refractivity contribution in [1.29, 1.82) is 0 Å². The molecule has 0 saturated carbocycles. The van der Waals surface area contributed by atoms with Gasteiger partial charge in [-0.05, 0) is 36.8 Å². The van der Waals surface area contributed by atoms with Gasteiger partial charge in [-0.25, -0.2) is 18.4 Å². The average molecular weight is 355 g/mol. The Morgan fingerprint density at radius 2 is 1.92 bits per heavy atom. The van der Waals surface area contributed by atoms with E-state index in [4.69, 9.17) is 0 Å². The molecule has 0 spiro atoms. The van der Waals surface area contributed by atoms with Crippen LogP contribution in [0.5, 0.6) is 0 Å². The summed E-state index contributed by atoms with van der Waals surface area (Å²) in [6.07, 6.45) is 6.02. The fourth-order valence-electron chi connectivity index (χ4n) is 2.26. The van der Waals surface area contributed by atoms with Crippen LogP contribution in [-0.2, 0) is 10.0 Å². The number of pyridine rings is 1. The molecule has 2 heterocycles. The van der Waals surface area contributed by atoms with E-state index in [0.717, 1.165) is 23.1 Å². The summed E-state index contributed by atoms with van der Waals surface area (Å²) < 4.78 is 25.4. The van der Waals surface area contributed by atoms with Crippen molar-refractivity contribution >= 4 is 27.2 Å². The third-order valence-corrected chi connectivity index (χ3v) is 4.02. The number of sulfonamides is 1. The number of anilines is 3. The fourth-order valence-corrected chi connectivity index (χ4v) is 2.87. The first kappa shape index (κ1) is 16.8. The van der Waals surface area contributed by atoms with Gasteiger partial charge in [-0.15, -0.1) is 0 Å². The third-order valence-electron chi connectivity index (χ3n) is 3.43. The Balaban J connectivity index is 1.87. The highest BCUT2D eigenvalue weighted by Crippen LogP contribution is 2.24. The zero-order valence-electron chi connectivity index (χ0n) is 13.8. The third kappa shape index (κ3) is 4.51. The normalized spacial score (nSPS) is 11.1. The van der Waals surface area contributed by atoms with Gasteiger partial charge in [-0.1, -0.05) is 6.07 Å². The van der Waals surface area contributed by atoms with Crippen molar-refractivity contribution in [2.75, 3.05) is 16.3 Å². The zero-order chi connectivity index (χ0) is 17.9. The van der Waals surface area contributed by atoms with Crippen LogP contribution in [-0.4, -0.2) is 29.6 Å². The van der Waals surface area contributed by atoms with Crippen molar-refractivity contribution in [3.8, 4) is 11.3 Å². The minimum atomic E-state index is -3.34. The molecule has 128 valence electrons. The van der Waals surface area contributed by atoms with Gasteiger partial charge in [-0.3, -0.25) is 9.71 Å². The molecular formula is C17H17N5O2S. The molecule has 0 aliphatic heterocycles. The summed E-state index contributed by atoms with van der Waals surface area (Å²) in [5, 5.41) is 3.16. The van der Waals surface area contributed by atoms with Gasteiger partial charge in [0, 0.05) is 29.7 Å². The summed E-state index contributed by atoms with van der Waals surface area (Å²) in [5.41, 5.74) is 3.69. The lowest BCUT2D eigenvalue weighted by Crippen LogP contribution is -2.10. The first-order chi connectivity index (χ1) is 11.9. The minimum Gasteiger partial charge on any atom is -0.340 e. The van der Waals surface area contributed by atoms with Crippen molar-refractivity contribution in [2.24, 2.45) is 0 Å². The molecule has 25 heavy (non-hydrogen) atoms. The Labute approximate surface area is 146 Å². The van der Waals surface area contributed by atoms with E-state index in [1.165, 1.54) is 6.33 Å². The molecule has 0 saturated heterocycles. The summed E-state index contributed by atoms with van der Waals surface area (Å²) in [6.45, 7) is 1.84. The van der Waals surface area contributed by atoms with E-state index in [-0.39, 0.29) is 0 Å². The summed E-state index contributed by atoms with van der Waals surface area (Å²) in [6, 6.07) is 11.0. The Hall–Kier alpha value is -3.00. The number of nitrogens with zero attached hydrogens (tertiary/aromatic N) is 3. The summed E-state index contributed by atoms with van der Waals surface area (Å²) in [4.78, 5) is 12.5. The maximum Gasteiger partial charge on any atom is 0.229 e. The molecule has 2 N–H and O–H groups in total. The highest BCUT2D eigenvalue weighted by Gasteiger charge is 2.07. The van der Waals surface area contributed by atoms with Crippen molar-refractivity contribution in [3.05, 3.63) is 60.7 Å². The van der Waals surface area contributed by atoms with Crippen LogP contribution < -0.4 is 10.0 Å². The molecule has 3 rings (SSSR count). The Bertz CT molecular complexity index is 991. The van der Waals surface area contributed by atoms with E-state index >= 15 is 0 Å². The summed E-state index contributed by atoms with van der Waals surface area (Å²) >= 11 is 0. The molecule has 0 radical (unpaired) electrons. The number of rotatable bonds is 5. The Kier molecular flexibility index (Phi) is 4.62. The largest absolute Gasteiger partial charge is 0.340 e. The SMILES string of the molecule is Cc1ccc(Nc2cc(-c3cccnc3)ncn2)cc1NS(C)(=O)=O. The second kappa shape index (κ2) is 6.86. The summed E-state index contributed by atoms with van der Waals surface area (Å²) in [7, 11) is -3.34. The molecule has 0 aliphatic rings. The van der Waals surface area contributed by atoms with E-state index in [1.54, 1.807) is 24.5 Å². The molecule has 0 bridgehead atoms.